The molecule has 0 heterocycles. The fraction of sp³-hybridized carbons (Fsp3) is 0.273. The first-order valence-corrected chi connectivity index (χ1v) is 8.78. The number of carbonyl (C=O) groups is 2. The SMILES string of the molecule is CN(C)CCC1(Cc2ccccc2)C=Cc2ccccc21.O=C(O)C(=O)O. The lowest BCUT2D eigenvalue weighted by atomic mass is 9.74. The summed E-state index contributed by atoms with van der Waals surface area (Å²) in [6, 6.07) is 19.7. The third kappa shape index (κ3) is 5.53. The van der Waals surface area contributed by atoms with Gasteiger partial charge in [-0.25, -0.2) is 9.59 Å². The summed E-state index contributed by atoms with van der Waals surface area (Å²) in [6.45, 7) is 1.10. The number of nitrogens with zero attached hydrogens (tertiary/aromatic N) is 1. The lowest BCUT2D eigenvalue weighted by Crippen LogP contribution is -2.30. The van der Waals surface area contributed by atoms with Gasteiger partial charge in [0.25, 0.3) is 0 Å². The maximum atomic E-state index is 9.10. The van der Waals surface area contributed by atoms with Crippen LogP contribution < -0.4 is 0 Å². The molecule has 142 valence electrons. The van der Waals surface area contributed by atoms with E-state index < -0.39 is 11.9 Å². The highest BCUT2D eigenvalue weighted by Gasteiger charge is 2.34. The first kappa shape index (κ1) is 20.4. The highest BCUT2D eigenvalue weighted by atomic mass is 16.4. The summed E-state index contributed by atoms with van der Waals surface area (Å²) in [4.78, 5) is 20.5. The van der Waals surface area contributed by atoms with E-state index in [9.17, 15) is 0 Å². The Morgan fingerprint density at radius 3 is 2.11 bits per heavy atom. The van der Waals surface area contributed by atoms with Crippen LogP contribution in [0.25, 0.3) is 6.08 Å². The van der Waals surface area contributed by atoms with Gasteiger partial charge in [-0.1, -0.05) is 66.7 Å². The quantitative estimate of drug-likeness (QED) is 0.793. The van der Waals surface area contributed by atoms with Crippen molar-refractivity contribution in [3.8, 4) is 0 Å². The molecule has 0 spiro atoms. The van der Waals surface area contributed by atoms with Gasteiger partial charge in [-0.05, 0) is 50.2 Å². The van der Waals surface area contributed by atoms with E-state index in [1.807, 2.05) is 0 Å². The number of rotatable bonds is 5. The molecule has 5 nitrogen and oxygen atoms in total. The van der Waals surface area contributed by atoms with Crippen LogP contribution in [0.3, 0.4) is 0 Å². The summed E-state index contributed by atoms with van der Waals surface area (Å²) < 4.78 is 0. The molecule has 0 amide bonds. The predicted molar refractivity (Wildman–Crippen MR) is 106 cm³/mol. The molecule has 1 atom stereocenters. The fourth-order valence-electron chi connectivity index (χ4n) is 3.28. The first-order chi connectivity index (χ1) is 12.8. The van der Waals surface area contributed by atoms with E-state index in [0.29, 0.717) is 0 Å². The summed E-state index contributed by atoms with van der Waals surface area (Å²) in [7, 11) is 4.31. The second kappa shape index (κ2) is 9.14. The standard InChI is InChI=1S/C20H23N.C2H2O4/c1-21(2)15-14-20(16-17-8-4-3-5-9-17)13-12-18-10-6-7-11-19(18)20;3-1(4)2(5)6/h3-13H,14-16H2,1-2H3;(H,3,4)(H,5,6). The van der Waals surface area contributed by atoms with Gasteiger partial charge in [0.2, 0.25) is 0 Å². The minimum atomic E-state index is -1.82. The maximum Gasteiger partial charge on any atom is 0.414 e. The van der Waals surface area contributed by atoms with Gasteiger partial charge < -0.3 is 15.1 Å². The molecular weight excluding hydrogens is 342 g/mol. The van der Waals surface area contributed by atoms with E-state index >= 15 is 0 Å². The maximum absolute atomic E-state index is 9.10. The van der Waals surface area contributed by atoms with Crippen molar-refractivity contribution in [1.29, 1.82) is 0 Å². The topological polar surface area (TPSA) is 77.8 Å². The van der Waals surface area contributed by atoms with Crippen molar-refractivity contribution >= 4 is 18.0 Å². The van der Waals surface area contributed by atoms with Crippen LogP contribution in [0.4, 0.5) is 0 Å². The zero-order chi connectivity index (χ0) is 19.9. The number of hydrogen-bond acceptors (Lipinski definition) is 3. The Morgan fingerprint density at radius 2 is 1.52 bits per heavy atom. The van der Waals surface area contributed by atoms with Gasteiger partial charge in [-0.15, -0.1) is 0 Å². The molecule has 0 fully saturated rings. The number of aliphatic carboxylic acids is 2. The zero-order valence-corrected chi connectivity index (χ0v) is 15.6. The van der Waals surface area contributed by atoms with E-state index in [1.54, 1.807) is 0 Å². The molecule has 5 heteroatoms. The Balaban J connectivity index is 0.000000380. The van der Waals surface area contributed by atoms with Crippen molar-refractivity contribution in [2.24, 2.45) is 0 Å². The van der Waals surface area contributed by atoms with Crippen molar-refractivity contribution in [1.82, 2.24) is 4.90 Å². The molecule has 0 radical (unpaired) electrons. The average Bonchev–Trinajstić information content (AvgIpc) is 3.00. The second-order valence-electron chi connectivity index (χ2n) is 6.90. The van der Waals surface area contributed by atoms with Crippen LogP contribution >= 0.6 is 0 Å². The minimum absolute atomic E-state index is 0.141. The molecule has 0 bridgehead atoms. The monoisotopic (exact) mass is 367 g/mol. The predicted octanol–water partition coefficient (Wildman–Crippen LogP) is 3.30. The molecule has 1 aliphatic rings. The molecule has 0 saturated carbocycles. The van der Waals surface area contributed by atoms with Crippen molar-refractivity contribution in [3.63, 3.8) is 0 Å². The summed E-state index contributed by atoms with van der Waals surface area (Å²) in [5, 5.41) is 14.8. The van der Waals surface area contributed by atoms with Crippen LogP contribution in [0.5, 0.6) is 0 Å². The third-order valence-corrected chi connectivity index (χ3v) is 4.63. The number of benzene rings is 2. The van der Waals surface area contributed by atoms with Crippen molar-refractivity contribution < 1.29 is 19.8 Å². The van der Waals surface area contributed by atoms with E-state index in [0.717, 1.165) is 19.4 Å². The molecule has 1 unspecified atom stereocenters. The van der Waals surface area contributed by atoms with Gasteiger partial charge in [0.15, 0.2) is 0 Å². The van der Waals surface area contributed by atoms with Crippen LogP contribution in [0.2, 0.25) is 0 Å². The largest absolute Gasteiger partial charge is 0.473 e. The summed E-state index contributed by atoms with van der Waals surface area (Å²) in [5.74, 6) is -3.65. The van der Waals surface area contributed by atoms with E-state index in [-0.39, 0.29) is 5.41 Å². The van der Waals surface area contributed by atoms with Gasteiger partial charge in [-0.3, -0.25) is 0 Å². The molecule has 2 N–H and O–H groups in total. The smallest absolute Gasteiger partial charge is 0.414 e. The number of allylic oxidation sites excluding steroid dienone is 1. The van der Waals surface area contributed by atoms with E-state index in [4.69, 9.17) is 19.8 Å². The second-order valence-corrected chi connectivity index (χ2v) is 6.90. The Kier molecular flexibility index (Phi) is 6.91. The number of hydrogen-bond donors (Lipinski definition) is 2. The van der Waals surface area contributed by atoms with Gasteiger partial charge in [0.05, 0.1) is 0 Å². The Hall–Kier alpha value is -2.92. The average molecular weight is 367 g/mol. The van der Waals surface area contributed by atoms with Crippen LogP contribution in [-0.2, 0) is 21.4 Å². The summed E-state index contributed by atoms with van der Waals surface area (Å²) >= 11 is 0. The molecular formula is C22H25NO4. The molecule has 2 aromatic carbocycles. The van der Waals surface area contributed by atoms with Gasteiger partial charge in [0.1, 0.15) is 0 Å². The van der Waals surface area contributed by atoms with Crippen LogP contribution in [0.15, 0.2) is 60.7 Å². The number of fused-ring (bicyclic) bond motifs is 1. The molecule has 3 rings (SSSR count). The molecule has 2 aromatic rings. The first-order valence-electron chi connectivity index (χ1n) is 8.78. The van der Waals surface area contributed by atoms with E-state index in [1.165, 1.54) is 16.7 Å². The lowest BCUT2D eigenvalue weighted by Gasteiger charge is -2.31. The van der Waals surface area contributed by atoms with Gasteiger partial charge in [-0.2, -0.15) is 0 Å². The molecule has 0 aliphatic heterocycles. The summed E-state index contributed by atoms with van der Waals surface area (Å²) in [6.07, 6.45) is 6.96. The third-order valence-electron chi connectivity index (χ3n) is 4.63. The number of carboxylic acids is 2. The van der Waals surface area contributed by atoms with Crippen LogP contribution in [-0.4, -0.2) is 47.7 Å². The molecule has 1 aliphatic carbocycles. The van der Waals surface area contributed by atoms with Crippen molar-refractivity contribution in [2.75, 3.05) is 20.6 Å². The Labute approximate surface area is 159 Å². The fourth-order valence-corrected chi connectivity index (χ4v) is 3.28. The Bertz CT molecular complexity index is 802. The number of carboxylic acid groups (broad SMARTS) is 2. The van der Waals surface area contributed by atoms with Crippen LogP contribution in [0.1, 0.15) is 23.1 Å². The van der Waals surface area contributed by atoms with E-state index in [2.05, 4.69) is 85.7 Å². The molecule has 0 aromatic heterocycles. The summed E-state index contributed by atoms with van der Waals surface area (Å²) in [5.41, 5.74) is 4.42. The zero-order valence-electron chi connectivity index (χ0n) is 15.6. The van der Waals surface area contributed by atoms with Crippen LogP contribution in [0, 0.1) is 0 Å². The van der Waals surface area contributed by atoms with Gasteiger partial charge in [0, 0.05) is 5.41 Å². The van der Waals surface area contributed by atoms with Crippen molar-refractivity contribution in [2.45, 2.75) is 18.3 Å². The molecule has 27 heavy (non-hydrogen) atoms. The minimum Gasteiger partial charge on any atom is -0.473 e. The highest BCUT2D eigenvalue weighted by Crippen LogP contribution is 2.41. The Morgan fingerprint density at radius 1 is 0.926 bits per heavy atom. The van der Waals surface area contributed by atoms with Gasteiger partial charge >= 0.3 is 11.9 Å². The molecule has 0 saturated heterocycles. The normalized spacial score (nSPS) is 17.1. The van der Waals surface area contributed by atoms with Crippen molar-refractivity contribution in [3.05, 3.63) is 77.4 Å². The lowest BCUT2D eigenvalue weighted by molar-refractivity contribution is -0.159. The highest BCUT2D eigenvalue weighted by molar-refractivity contribution is 6.27.